The highest BCUT2D eigenvalue weighted by molar-refractivity contribution is 5.88. The Balaban J connectivity index is 2.35. The van der Waals surface area contributed by atoms with E-state index in [0.29, 0.717) is 5.69 Å². The predicted octanol–water partition coefficient (Wildman–Crippen LogP) is 1.66. The van der Waals surface area contributed by atoms with E-state index in [4.69, 9.17) is 4.74 Å². The van der Waals surface area contributed by atoms with Gasteiger partial charge in [0.1, 0.15) is 0 Å². The quantitative estimate of drug-likeness (QED) is 0.517. The molecule has 0 amide bonds. The Bertz CT molecular complexity index is 665. The molecule has 8 nitrogen and oxygen atoms in total. The number of aromatic hydroxyl groups is 1. The SMILES string of the molecule is CCOC(=O)c1cnn(-c2ccc(O)c([N+](=O)[O-])c2)c1. The third-order valence-electron chi connectivity index (χ3n) is 2.51. The van der Waals surface area contributed by atoms with Crippen LogP contribution in [0, 0.1) is 10.1 Å². The van der Waals surface area contributed by atoms with E-state index < -0.39 is 22.3 Å². The number of benzene rings is 1. The van der Waals surface area contributed by atoms with Gasteiger partial charge in [0, 0.05) is 12.3 Å². The number of aromatic nitrogens is 2. The van der Waals surface area contributed by atoms with E-state index in [-0.39, 0.29) is 12.2 Å². The number of hydrogen-bond acceptors (Lipinski definition) is 6. The number of hydrogen-bond donors (Lipinski definition) is 1. The van der Waals surface area contributed by atoms with Gasteiger partial charge in [0.15, 0.2) is 5.75 Å². The van der Waals surface area contributed by atoms with Crippen molar-refractivity contribution in [2.45, 2.75) is 6.92 Å². The van der Waals surface area contributed by atoms with Crippen LogP contribution in [0.25, 0.3) is 5.69 Å². The lowest BCUT2D eigenvalue weighted by Crippen LogP contribution is -2.03. The second-order valence-corrected chi connectivity index (χ2v) is 3.82. The summed E-state index contributed by atoms with van der Waals surface area (Å²) in [6.07, 6.45) is 2.70. The van der Waals surface area contributed by atoms with Crippen LogP contribution in [-0.4, -0.2) is 32.4 Å². The third-order valence-corrected chi connectivity index (χ3v) is 2.51. The van der Waals surface area contributed by atoms with Crippen LogP contribution < -0.4 is 0 Å². The minimum absolute atomic E-state index is 0.238. The van der Waals surface area contributed by atoms with Crippen molar-refractivity contribution in [3.05, 3.63) is 46.3 Å². The van der Waals surface area contributed by atoms with Crippen molar-refractivity contribution in [1.29, 1.82) is 0 Å². The smallest absolute Gasteiger partial charge is 0.341 e. The fourth-order valence-corrected chi connectivity index (χ4v) is 1.58. The fraction of sp³-hybridized carbons (Fsp3) is 0.167. The summed E-state index contributed by atoms with van der Waals surface area (Å²) in [5, 5.41) is 24.0. The van der Waals surface area contributed by atoms with E-state index in [2.05, 4.69) is 5.10 Å². The van der Waals surface area contributed by atoms with Gasteiger partial charge in [-0.3, -0.25) is 10.1 Å². The first-order valence-corrected chi connectivity index (χ1v) is 5.72. The summed E-state index contributed by atoms with van der Waals surface area (Å²) in [6, 6.07) is 3.81. The Kier molecular flexibility index (Phi) is 3.65. The largest absolute Gasteiger partial charge is 0.502 e. The highest BCUT2D eigenvalue weighted by Gasteiger charge is 2.16. The van der Waals surface area contributed by atoms with Crippen molar-refractivity contribution < 1.29 is 19.6 Å². The number of rotatable bonds is 4. The van der Waals surface area contributed by atoms with Crippen LogP contribution in [0.5, 0.6) is 5.75 Å². The summed E-state index contributed by atoms with van der Waals surface area (Å²) in [4.78, 5) is 21.5. The molecule has 0 saturated carbocycles. The summed E-state index contributed by atoms with van der Waals surface area (Å²) < 4.78 is 6.11. The lowest BCUT2D eigenvalue weighted by molar-refractivity contribution is -0.385. The van der Waals surface area contributed by atoms with Crippen LogP contribution in [-0.2, 0) is 4.74 Å². The Morgan fingerprint density at radius 2 is 2.30 bits per heavy atom. The van der Waals surface area contributed by atoms with Crippen molar-refractivity contribution in [2.24, 2.45) is 0 Å². The molecule has 0 fully saturated rings. The number of nitro benzene ring substituents is 1. The predicted molar refractivity (Wildman–Crippen MR) is 67.8 cm³/mol. The van der Waals surface area contributed by atoms with Gasteiger partial charge in [0.2, 0.25) is 0 Å². The number of carbonyl (C=O) groups excluding carboxylic acids is 1. The molecule has 0 aliphatic rings. The molecule has 2 rings (SSSR count). The minimum atomic E-state index is -0.700. The number of carbonyl (C=O) groups is 1. The molecule has 1 aromatic carbocycles. The molecule has 104 valence electrons. The maximum absolute atomic E-state index is 11.5. The van der Waals surface area contributed by atoms with E-state index >= 15 is 0 Å². The van der Waals surface area contributed by atoms with Crippen LogP contribution in [0.2, 0.25) is 0 Å². The maximum atomic E-state index is 11.5. The van der Waals surface area contributed by atoms with E-state index in [0.717, 1.165) is 6.07 Å². The van der Waals surface area contributed by atoms with Crippen molar-refractivity contribution in [3.63, 3.8) is 0 Å². The standard InChI is InChI=1S/C12H11N3O5/c1-2-20-12(17)8-6-13-14(7-8)9-3-4-11(16)10(5-9)15(18)19/h3-7,16H,2H2,1H3. The second-order valence-electron chi connectivity index (χ2n) is 3.82. The molecule has 0 aliphatic heterocycles. The summed E-state index contributed by atoms with van der Waals surface area (Å²) in [5.74, 6) is -0.955. The Morgan fingerprint density at radius 3 is 2.95 bits per heavy atom. The number of esters is 1. The molecule has 8 heteroatoms. The number of nitrogens with zero attached hydrogens (tertiary/aromatic N) is 3. The zero-order valence-electron chi connectivity index (χ0n) is 10.5. The van der Waals surface area contributed by atoms with Gasteiger partial charge >= 0.3 is 11.7 Å². The summed E-state index contributed by atoms with van der Waals surface area (Å²) in [7, 11) is 0. The molecular weight excluding hydrogens is 266 g/mol. The zero-order valence-corrected chi connectivity index (χ0v) is 10.5. The summed E-state index contributed by atoms with van der Waals surface area (Å²) in [6.45, 7) is 1.93. The first-order chi connectivity index (χ1) is 9.52. The van der Waals surface area contributed by atoms with E-state index in [9.17, 15) is 20.0 Å². The van der Waals surface area contributed by atoms with Crippen molar-refractivity contribution >= 4 is 11.7 Å². The average Bonchev–Trinajstić information content (AvgIpc) is 2.89. The highest BCUT2D eigenvalue weighted by atomic mass is 16.6. The third kappa shape index (κ3) is 2.58. The highest BCUT2D eigenvalue weighted by Crippen LogP contribution is 2.27. The molecule has 20 heavy (non-hydrogen) atoms. The van der Waals surface area contributed by atoms with Crippen molar-refractivity contribution in [3.8, 4) is 11.4 Å². The topological polar surface area (TPSA) is 107 Å². The first kappa shape index (κ1) is 13.5. The van der Waals surface area contributed by atoms with Crippen LogP contribution in [0.1, 0.15) is 17.3 Å². The zero-order chi connectivity index (χ0) is 14.7. The van der Waals surface area contributed by atoms with Gasteiger partial charge in [-0.15, -0.1) is 0 Å². The lowest BCUT2D eigenvalue weighted by Gasteiger charge is -2.02. The number of phenolic OH excluding ortho intramolecular Hbond substituents is 1. The van der Waals surface area contributed by atoms with Gasteiger partial charge in [-0.05, 0) is 19.1 Å². The number of ether oxygens (including phenoxy) is 1. The van der Waals surface area contributed by atoms with Gasteiger partial charge in [-0.2, -0.15) is 5.10 Å². The minimum Gasteiger partial charge on any atom is -0.502 e. The number of nitro groups is 1. The van der Waals surface area contributed by atoms with Crippen LogP contribution in [0.3, 0.4) is 0 Å². The van der Waals surface area contributed by atoms with Crippen LogP contribution in [0.15, 0.2) is 30.6 Å². The Hall–Kier alpha value is -2.90. The number of phenols is 1. The summed E-state index contributed by atoms with van der Waals surface area (Å²) in [5.41, 5.74) is 0.156. The molecule has 0 bridgehead atoms. The van der Waals surface area contributed by atoms with Crippen molar-refractivity contribution in [1.82, 2.24) is 9.78 Å². The van der Waals surface area contributed by atoms with Gasteiger partial charge in [0.05, 0.1) is 29.0 Å². The average molecular weight is 277 g/mol. The van der Waals surface area contributed by atoms with Gasteiger partial charge in [0.25, 0.3) is 0 Å². The molecular formula is C12H11N3O5. The Morgan fingerprint density at radius 1 is 1.55 bits per heavy atom. The van der Waals surface area contributed by atoms with Gasteiger partial charge in [-0.1, -0.05) is 0 Å². The normalized spacial score (nSPS) is 10.2. The van der Waals surface area contributed by atoms with Crippen LogP contribution >= 0.6 is 0 Å². The first-order valence-electron chi connectivity index (χ1n) is 5.72. The van der Waals surface area contributed by atoms with E-state index in [1.54, 1.807) is 6.92 Å². The van der Waals surface area contributed by atoms with Crippen molar-refractivity contribution in [2.75, 3.05) is 6.61 Å². The monoisotopic (exact) mass is 277 g/mol. The summed E-state index contributed by atoms with van der Waals surface area (Å²) >= 11 is 0. The molecule has 0 unspecified atom stereocenters. The molecule has 0 saturated heterocycles. The molecule has 1 aromatic heterocycles. The molecule has 2 aromatic rings. The fourth-order valence-electron chi connectivity index (χ4n) is 1.58. The van der Waals surface area contributed by atoms with E-state index in [1.807, 2.05) is 0 Å². The van der Waals surface area contributed by atoms with Gasteiger partial charge in [-0.25, -0.2) is 9.48 Å². The molecule has 1 N–H and O–H groups in total. The maximum Gasteiger partial charge on any atom is 0.341 e. The second kappa shape index (κ2) is 5.39. The molecule has 0 atom stereocenters. The molecule has 0 spiro atoms. The van der Waals surface area contributed by atoms with Gasteiger partial charge < -0.3 is 9.84 Å². The molecule has 0 radical (unpaired) electrons. The van der Waals surface area contributed by atoms with Crippen LogP contribution in [0.4, 0.5) is 5.69 Å². The Labute approximate surface area is 113 Å². The lowest BCUT2D eigenvalue weighted by atomic mass is 10.2. The van der Waals surface area contributed by atoms with E-state index in [1.165, 1.54) is 29.2 Å². The molecule has 1 heterocycles. The molecule has 0 aliphatic carbocycles.